The first-order valence-corrected chi connectivity index (χ1v) is 11.3. The molecule has 29 heavy (non-hydrogen) atoms. The Kier molecular flexibility index (Phi) is 6.30. The second-order valence-corrected chi connectivity index (χ2v) is 10.0. The van der Waals surface area contributed by atoms with Gasteiger partial charge in [-0.1, -0.05) is 11.6 Å². The van der Waals surface area contributed by atoms with E-state index in [4.69, 9.17) is 22.1 Å². The van der Waals surface area contributed by atoms with Gasteiger partial charge in [0.25, 0.3) is 11.8 Å². The van der Waals surface area contributed by atoms with Crippen LogP contribution in [0.5, 0.6) is 0 Å². The number of hydrogen-bond donors (Lipinski definition) is 2. The molecule has 1 saturated heterocycles. The molecule has 1 aliphatic rings. The van der Waals surface area contributed by atoms with Crippen molar-refractivity contribution in [3.8, 4) is 0 Å². The van der Waals surface area contributed by atoms with E-state index in [2.05, 4.69) is 5.32 Å². The van der Waals surface area contributed by atoms with Crippen molar-refractivity contribution >= 4 is 49.8 Å². The van der Waals surface area contributed by atoms with E-state index in [-0.39, 0.29) is 34.1 Å². The van der Waals surface area contributed by atoms with Crippen molar-refractivity contribution in [2.45, 2.75) is 18.7 Å². The van der Waals surface area contributed by atoms with Crippen LogP contribution in [0.15, 0.2) is 23.1 Å². The van der Waals surface area contributed by atoms with Gasteiger partial charge in [-0.25, -0.2) is 8.42 Å². The summed E-state index contributed by atoms with van der Waals surface area (Å²) in [4.78, 5) is 25.4. The number of rotatable bonds is 5. The van der Waals surface area contributed by atoms with E-state index in [1.807, 2.05) is 6.92 Å². The number of primary amides is 1. The largest absolute Gasteiger partial charge is 0.379 e. The lowest BCUT2D eigenvalue weighted by Gasteiger charge is -2.26. The number of thiophene rings is 1. The fourth-order valence-corrected chi connectivity index (χ4v) is 5.66. The third-order valence-electron chi connectivity index (χ3n) is 4.65. The third-order valence-corrected chi connectivity index (χ3v) is 8.00. The number of carbonyl (C=O) groups excluding carboxylic acids is 2. The van der Waals surface area contributed by atoms with Crippen LogP contribution in [0.3, 0.4) is 0 Å². The zero-order valence-corrected chi connectivity index (χ0v) is 18.2. The van der Waals surface area contributed by atoms with Crippen molar-refractivity contribution in [3.63, 3.8) is 0 Å². The van der Waals surface area contributed by atoms with E-state index >= 15 is 0 Å². The molecule has 2 heterocycles. The molecule has 0 spiro atoms. The number of anilines is 1. The number of nitrogens with two attached hydrogens (primary N) is 1. The third kappa shape index (κ3) is 4.31. The topological polar surface area (TPSA) is 119 Å². The summed E-state index contributed by atoms with van der Waals surface area (Å²) in [6.45, 7) is 4.65. The maximum atomic E-state index is 12.9. The van der Waals surface area contributed by atoms with Gasteiger partial charge >= 0.3 is 0 Å². The molecule has 2 aromatic rings. The van der Waals surface area contributed by atoms with Gasteiger partial charge < -0.3 is 15.8 Å². The number of ether oxygens (including phenoxy) is 1. The van der Waals surface area contributed by atoms with Gasteiger partial charge in [-0.15, -0.1) is 11.3 Å². The summed E-state index contributed by atoms with van der Waals surface area (Å²) in [5.41, 5.74) is 6.34. The maximum absolute atomic E-state index is 12.9. The second kappa shape index (κ2) is 8.41. The Balaban J connectivity index is 1.94. The average Bonchev–Trinajstić information content (AvgIpc) is 2.96. The summed E-state index contributed by atoms with van der Waals surface area (Å²) in [5, 5.41) is 3.03. The lowest BCUT2D eigenvalue weighted by molar-refractivity contribution is 0.0730. The lowest BCUT2D eigenvalue weighted by atomic mass is 10.1. The number of benzene rings is 1. The molecule has 0 radical (unpaired) electrons. The number of morpholine rings is 1. The molecule has 3 N–H and O–H groups in total. The smallest absolute Gasteiger partial charge is 0.257 e. The van der Waals surface area contributed by atoms with Crippen molar-refractivity contribution in [3.05, 3.63) is 44.8 Å². The number of hydrogen-bond acceptors (Lipinski definition) is 6. The summed E-state index contributed by atoms with van der Waals surface area (Å²) >= 11 is 7.37. The molecule has 2 amide bonds. The van der Waals surface area contributed by atoms with Crippen molar-refractivity contribution in [1.29, 1.82) is 0 Å². The van der Waals surface area contributed by atoms with Crippen LogP contribution in [0, 0.1) is 13.8 Å². The van der Waals surface area contributed by atoms with Gasteiger partial charge in [0.15, 0.2) is 0 Å². The van der Waals surface area contributed by atoms with Crippen molar-refractivity contribution in [2.75, 3.05) is 31.6 Å². The Morgan fingerprint density at radius 1 is 1.24 bits per heavy atom. The molecule has 1 aliphatic heterocycles. The number of sulfonamides is 1. The van der Waals surface area contributed by atoms with Gasteiger partial charge in [-0.2, -0.15) is 4.31 Å². The fraction of sp³-hybridized carbons (Fsp3) is 0.333. The van der Waals surface area contributed by atoms with Crippen LogP contribution in [0.25, 0.3) is 0 Å². The molecule has 0 aliphatic carbocycles. The van der Waals surface area contributed by atoms with Gasteiger partial charge in [0.2, 0.25) is 10.0 Å². The van der Waals surface area contributed by atoms with E-state index in [1.165, 1.54) is 33.8 Å². The number of aryl methyl sites for hydroxylation is 1. The van der Waals surface area contributed by atoms with Crippen molar-refractivity contribution in [2.24, 2.45) is 5.73 Å². The highest BCUT2D eigenvalue weighted by molar-refractivity contribution is 7.89. The van der Waals surface area contributed by atoms with Gasteiger partial charge in [-0.05, 0) is 37.6 Å². The minimum atomic E-state index is -3.79. The molecule has 0 bridgehead atoms. The molecule has 8 nitrogen and oxygen atoms in total. The lowest BCUT2D eigenvalue weighted by Crippen LogP contribution is -2.40. The van der Waals surface area contributed by atoms with E-state index in [0.29, 0.717) is 23.8 Å². The van der Waals surface area contributed by atoms with Crippen molar-refractivity contribution in [1.82, 2.24) is 4.31 Å². The number of halogens is 1. The molecule has 0 atom stereocenters. The number of amides is 2. The van der Waals surface area contributed by atoms with Gasteiger partial charge in [0, 0.05) is 18.0 Å². The zero-order valence-electron chi connectivity index (χ0n) is 15.8. The minimum absolute atomic E-state index is 0.0138. The number of nitrogens with one attached hydrogen (secondary N) is 1. The average molecular weight is 458 g/mol. The Morgan fingerprint density at radius 3 is 2.52 bits per heavy atom. The molecule has 0 unspecified atom stereocenters. The van der Waals surface area contributed by atoms with E-state index < -0.39 is 21.8 Å². The second-order valence-electron chi connectivity index (χ2n) is 6.46. The highest BCUT2D eigenvalue weighted by Crippen LogP contribution is 2.33. The number of nitrogens with zero attached hydrogens (tertiary/aromatic N) is 1. The van der Waals surface area contributed by atoms with Gasteiger partial charge in [-0.3, -0.25) is 9.59 Å². The van der Waals surface area contributed by atoms with Crippen LogP contribution in [0.2, 0.25) is 5.02 Å². The molecule has 156 valence electrons. The van der Waals surface area contributed by atoms with Crippen LogP contribution >= 0.6 is 22.9 Å². The van der Waals surface area contributed by atoms with Crippen LogP contribution in [-0.2, 0) is 14.8 Å². The fourth-order valence-electron chi connectivity index (χ4n) is 2.96. The molecular formula is C18H20ClN3O5S2. The molecule has 3 rings (SSSR count). The van der Waals surface area contributed by atoms with E-state index in [1.54, 1.807) is 6.92 Å². The highest BCUT2D eigenvalue weighted by Gasteiger charge is 2.28. The van der Waals surface area contributed by atoms with Crippen LogP contribution < -0.4 is 11.1 Å². The van der Waals surface area contributed by atoms with E-state index in [0.717, 1.165) is 4.88 Å². The Bertz CT molecular complexity index is 1080. The SMILES string of the molecule is Cc1sc(NC(=O)c2cc(S(=O)(=O)N3CCOCC3)ccc2Cl)c(C(N)=O)c1C. The standard InChI is InChI=1S/C18H20ClN3O5S2/c1-10-11(2)28-18(15(10)16(20)23)21-17(24)13-9-12(3-4-14(13)19)29(25,26)22-5-7-27-8-6-22/h3-4,9H,5-8H2,1-2H3,(H2,20,23)(H,21,24). The summed E-state index contributed by atoms with van der Waals surface area (Å²) in [7, 11) is -3.79. The van der Waals surface area contributed by atoms with Gasteiger partial charge in [0.05, 0.1) is 34.3 Å². The van der Waals surface area contributed by atoms with Crippen LogP contribution in [0.1, 0.15) is 31.2 Å². The van der Waals surface area contributed by atoms with Crippen LogP contribution in [-0.4, -0.2) is 50.8 Å². The highest BCUT2D eigenvalue weighted by atomic mass is 35.5. The normalized spacial score (nSPS) is 15.3. The Labute approximate surface area is 177 Å². The Hall–Kier alpha value is -1.98. The summed E-state index contributed by atoms with van der Waals surface area (Å²) in [5.74, 6) is -1.28. The molecule has 11 heteroatoms. The number of carbonyl (C=O) groups is 2. The van der Waals surface area contributed by atoms with Gasteiger partial charge in [0.1, 0.15) is 5.00 Å². The first kappa shape index (κ1) is 21.7. The predicted molar refractivity (Wildman–Crippen MR) is 111 cm³/mol. The minimum Gasteiger partial charge on any atom is -0.379 e. The quantitative estimate of drug-likeness (QED) is 0.714. The maximum Gasteiger partial charge on any atom is 0.257 e. The summed E-state index contributed by atoms with van der Waals surface area (Å²) in [6, 6.07) is 3.96. The molecular weight excluding hydrogens is 438 g/mol. The monoisotopic (exact) mass is 457 g/mol. The first-order chi connectivity index (χ1) is 13.6. The molecule has 1 aromatic carbocycles. The van der Waals surface area contributed by atoms with Crippen molar-refractivity contribution < 1.29 is 22.7 Å². The molecule has 1 fully saturated rings. The van der Waals surface area contributed by atoms with E-state index in [9.17, 15) is 18.0 Å². The molecule has 0 saturated carbocycles. The predicted octanol–water partition coefficient (Wildman–Crippen LogP) is 2.39. The molecule has 1 aromatic heterocycles. The summed E-state index contributed by atoms with van der Waals surface area (Å²) in [6.07, 6.45) is 0. The Morgan fingerprint density at radius 2 is 1.90 bits per heavy atom. The first-order valence-electron chi connectivity index (χ1n) is 8.71. The zero-order chi connectivity index (χ0) is 21.3. The van der Waals surface area contributed by atoms with Crippen LogP contribution in [0.4, 0.5) is 5.00 Å². The summed E-state index contributed by atoms with van der Waals surface area (Å²) < 4.78 is 32.2.